The van der Waals surface area contributed by atoms with Crippen molar-refractivity contribution in [1.29, 1.82) is 0 Å². The smallest absolute Gasteiger partial charge is 0.343 e. The van der Waals surface area contributed by atoms with Gasteiger partial charge in [0.2, 0.25) is 0 Å². The molecule has 0 atom stereocenters. The van der Waals surface area contributed by atoms with Crippen LogP contribution in [0.25, 0.3) is 11.8 Å². The molecule has 0 saturated carbocycles. The zero-order chi connectivity index (χ0) is 18.1. The minimum absolute atomic E-state index is 0.0115. The fraction of sp³-hybridized carbons (Fsp3) is 0.150. The number of nitrogens with zero attached hydrogens (tertiary/aromatic N) is 1. The van der Waals surface area contributed by atoms with Gasteiger partial charge in [-0.25, -0.2) is 4.79 Å². The molecule has 0 bridgehead atoms. The third-order valence-corrected chi connectivity index (χ3v) is 4.17. The van der Waals surface area contributed by atoms with Crippen molar-refractivity contribution >= 4 is 23.5 Å². The Morgan fingerprint density at radius 1 is 1.04 bits per heavy atom. The van der Waals surface area contributed by atoms with E-state index in [1.807, 2.05) is 39.0 Å². The average molecular weight is 335 g/mol. The van der Waals surface area contributed by atoms with Gasteiger partial charge in [0.05, 0.1) is 10.5 Å². The SMILES string of the molecule is Cc1ccc(C)c(C2=CC(=Cc3cc([N+](=O)[O-])ccc3C)C(=O)O2)c1. The molecule has 0 unspecified atom stereocenters. The van der Waals surface area contributed by atoms with Crippen LogP contribution in [0.3, 0.4) is 0 Å². The van der Waals surface area contributed by atoms with Crippen molar-refractivity contribution < 1.29 is 14.5 Å². The molecule has 5 nitrogen and oxygen atoms in total. The Bertz CT molecular complexity index is 954. The topological polar surface area (TPSA) is 69.4 Å². The number of cyclic esters (lactones) is 1. The van der Waals surface area contributed by atoms with E-state index in [0.717, 1.165) is 22.3 Å². The molecule has 5 heteroatoms. The molecule has 2 aromatic rings. The Labute approximate surface area is 145 Å². The first-order chi connectivity index (χ1) is 11.8. The van der Waals surface area contributed by atoms with Crippen molar-refractivity contribution in [2.24, 2.45) is 0 Å². The predicted octanol–water partition coefficient (Wildman–Crippen LogP) is 4.50. The van der Waals surface area contributed by atoms with Crippen LogP contribution in [0.15, 0.2) is 48.0 Å². The van der Waals surface area contributed by atoms with Gasteiger partial charge in [0.25, 0.3) is 5.69 Å². The van der Waals surface area contributed by atoms with E-state index in [4.69, 9.17) is 4.74 Å². The Morgan fingerprint density at radius 3 is 2.48 bits per heavy atom. The summed E-state index contributed by atoms with van der Waals surface area (Å²) in [5, 5.41) is 11.0. The highest BCUT2D eigenvalue weighted by molar-refractivity contribution is 6.05. The first-order valence-corrected chi connectivity index (χ1v) is 7.83. The summed E-state index contributed by atoms with van der Waals surface area (Å²) in [6.45, 7) is 5.77. The minimum atomic E-state index is -0.457. The Hall–Kier alpha value is -3.21. The molecule has 126 valence electrons. The van der Waals surface area contributed by atoms with Crippen LogP contribution in [0.2, 0.25) is 0 Å². The van der Waals surface area contributed by atoms with Crippen molar-refractivity contribution in [1.82, 2.24) is 0 Å². The minimum Gasteiger partial charge on any atom is -0.422 e. The third-order valence-electron chi connectivity index (χ3n) is 4.17. The van der Waals surface area contributed by atoms with Crippen LogP contribution in [-0.2, 0) is 9.53 Å². The number of carbonyl (C=O) groups excluding carboxylic acids is 1. The van der Waals surface area contributed by atoms with Crippen LogP contribution in [-0.4, -0.2) is 10.9 Å². The van der Waals surface area contributed by atoms with Crippen molar-refractivity contribution in [2.75, 3.05) is 0 Å². The van der Waals surface area contributed by atoms with E-state index in [-0.39, 0.29) is 5.69 Å². The molecule has 0 amide bonds. The number of hydrogen-bond acceptors (Lipinski definition) is 4. The largest absolute Gasteiger partial charge is 0.422 e. The maximum absolute atomic E-state index is 12.2. The van der Waals surface area contributed by atoms with Gasteiger partial charge >= 0.3 is 5.97 Å². The molecule has 25 heavy (non-hydrogen) atoms. The zero-order valence-corrected chi connectivity index (χ0v) is 14.2. The van der Waals surface area contributed by atoms with Gasteiger partial charge in [-0.2, -0.15) is 0 Å². The third kappa shape index (κ3) is 3.35. The van der Waals surface area contributed by atoms with Crippen LogP contribution >= 0.6 is 0 Å². The molecule has 0 N–H and O–H groups in total. The Morgan fingerprint density at radius 2 is 1.76 bits per heavy atom. The molecule has 3 rings (SSSR count). The van der Waals surface area contributed by atoms with E-state index in [1.54, 1.807) is 18.2 Å². The Balaban J connectivity index is 2.03. The van der Waals surface area contributed by atoms with E-state index in [0.29, 0.717) is 16.9 Å². The molecule has 0 fully saturated rings. The highest BCUT2D eigenvalue weighted by Gasteiger charge is 2.23. The van der Waals surface area contributed by atoms with Crippen molar-refractivity contribution in [3.8, 4) is 0 Å². The Kier molecular flexibility index (Phi) is 4.23. The van der Waals surface area contributed by atoms with Crippen LogP contribution in [0.1, 0.15) is 27.8 Å². The number of ether oxygens (including phenoxy) is 1. The van der Waals surface area contributed by atoms with Gasteiger partial charge in [-0.05, 0) is 55.7 Å². The molecule has 0 radical (unpaired) electrons. The molecule has 1 heterocycles. The van der Waals surface area contributed by atoms with Crippen LogP contribution < -0.4 is 0 Å². The number of nitro groups is 1. The number of rotatable bonds is 3. The summed E-state index contributed by atoms with van der Waals surface area (Å²) in [5.41, 5.74) is 4.79. The second-order valence-electron chi connectivity index (χ2n) is 6.11. The van der Waals surface area contributed by atoms with Crippen molar-refractivity contribution in [3.05, 3.63) is 86.0 Å². The summed E-state index contributed by atoms with van der Waals surface area (Å²) in [7, 11) is 0. The van der Waals surface area contributed by atoms with E-state index < -0.39 is 10.9 Å². The molecular formula is C20H17NO4. The van der Waals surface area contributed by atoms with Gasteiger partial charge in [-0.1, -0.05) is 23.8 Å². The van der Waals surface area contributed by atoms with Gasteiger partial charge in [0.15, 0.2) is 0 Å². The second-order valence-corrected chi connectivity index (χ2v) is 6.11. The number of non-ortho nitro benzene ring substituents is 1. The zero-order valence-electron chi connectivity index (χ0n) is 14.2. The van der Waals surface area contributed by atoms with Gasteiger partial charge in [0, 0.05) is 17.7 Å². The van der Waals surface area contributed by atoms with Crippen LogP contribution in [0.5, 0.6) is 0 Å². The van der Waals surface area contributed by atoms with Gasteiger partial charge in [0.1, 0.15) is 5.76 Å². The van der Waals surface area contributed by atoms with Gasteiger partial charge in [-0.3, -0.25) is 10.1 Å². The number of hydrogen-bond donors (Lipinski definition) is 0. The molecule has 0 saturated heterocycles. The highest BCUT2D eigenvalue weighted by atomic mass is 16.6. The van der Waals surface area contributed by atoms with Crippen molar-refractivity contribution in [3.63, 3.8) is 0 Å². The fourth-order valence-corrected chi connectivity index (χ4v) is 2.69. The molecular weight excluding hydrogens is 318 g/mol. The quantitative estimate of drug-likeness (QED) is 0.358. The number of aryl methyl sites for hydroxylation is 3. The highest BCUT2D eigenvalue weighted by Crippen LogP contribution is 2.30. The summed E-state index contributed by atoms with van der Waals surface area (Å²) in [5.74, 6) is 0.0438. The summed E-state index contributed by atoms with van der Waals surface area (Å²) >= 11 is 0. The lowest BCUT2D eigenvalue weighted by Gasteiger charge is -2.06. The first-order valence-electron chi connectivity index (χ1n) is 7.83. The van der Waals surface area contributed by atoms with Crippen LogP contribution in [0, 0.1) is 30.9 Å². The predicted molar refractivity (Wildman–Crippen MR) is 95.8 cm³/mol. The number of benzene rings is 2. The fourth-order valence-electron chi connectivity index (χ4n) is 2.69. The molecule has 0 aliphatic carbocycles. The first kappa shape index (κ1) is 16.6. The normalized spacial score (nSPS) is 15.2. The number of carbonyl (C=O) groups is 1. The molecule has 0 spiro atoms. The lowest BCUT2D eigenvalue weighted by molar-refractivity contribution is -0.384. The molecule has 2 aromatic carbocycles. The monoisotopic (exact) mass is 335 g/mol. The summed E-state index contributed by atoms with van der Waals surface area (Å²) in [6, 6.07) is 10.5. The summed E-state index contributed by atoms with van der Waals surface area (Å²) < 4.78 is 5.41. The number of nitro benzene ring substituents is 1. The van der Waals surface area contributed by atoms with E-state index in [1.165, 1.54) is 12.1 Å². The standard InChI is InChI=1S/C20H17NO4/c1-12-4-5-14(3)18(8-12)19-11-16(20(22)25-19)9-15-10-17(21(23)24)7-6-13(15)2/h4-11H,1-3H3. The van der Waals surface area contributed by atoms with Gasteiger partial charge < -0.3 is 4.74 Å². The summed E-state index contributed by atoms with van der Waals surface area (Å²) in [4.78, 5) is 22.7. The maximum atomic E-state index is 12.2. The van der Waals surface area contributed by atoms with Crippen LogP contribution in [0.4, 0.5) is 5.69 Å². The summed E-state index contributed by atoms with van der Waals surface area (Å²) in [6.07, 6.45) is 3.31. The maximum Gasteiger partial charge on any atom is 0.343 e. The van der Waals surface area contributed by atoms with E-state index in [2.05, 4.69) is 0 Å². The average Bonchev–Trinajstić information content (AvgIpc) is 2.92. The number of esters is 1. The lowest BCUT2D eigenvalue weighted by Crippen LogP contribution is -1.98. The van der Waals surface area contributed by atoms with Gasteiger partial charge in [-0.15, -0.1) is 0 Å². The lowest BCUT2D eigenvalue weighted by atomic mass is 10.0. The van der Waals surface area contributed by atoms with E-state index >= 15 is 0 Å². The molecule has 0 aromatic heterocycles. The van der Waals surface area contributed by atoms with E-state index in [9.17, 15) is 14.9 Å². The second kappa shape index (κ2) is 6.36. The van der Waals surface area contributed by atoms with Crippen molar-refractivity contribution in [2.45, 2.75) is 20.8 Å². The molecule has 1 aliphatic heterocycles. The molecule has 1 aliphatic rings.